The molecule has 5 heteroatoms. The van der Waals surface area contributed by atoms with Crippen LogP contribution in [0.3, 0.4) is 0 Å². The van der Waals surface area contributed by atoms with Crippen LogP contribution in [0.4, 0.5) is 5.82 Å². The zero-order chi connectivity index (χ0) is 11.4. The Kier molecular flexibility index (Phi) is 3.14. The Morgan fingerprint density at radius 2 is 2.19 bits per heavy atom. The second-order valence-corrected chi connectivity index (χ2v) is 3.49. The van der Waals surface area contributed by atoms with E-state index in [0.29, 0.717) is 12.4 Å². The highest BCUT2D eigenvalue weighted by Gasteiger charge is 2.02. The Morgan fingerprint density at radius 1 is 1.31 bits per heavy atom. The zero-order valence-corrected chi connectivity index (χ0v) is 9.40. The van der Waals surface area contributed by atoms with Crippen LogP contribution >= 0.6 is 0 Å². The fourth-order valence-electron chi connectivity index (χ4n) is 1.25. The minimum absolute atomic E-state index is 0.526. The molecule has 0 amide bonds. The molecule has 0 spiro atoms. The predicted octanol–water partition coefficient (Wildman–Crippen LogP) is 1.95. The lowest BCUT2D eigenvalue weighted by Gasteiger charge is -2.01. The first kappa shape index (κ1) is 10.6. The van der Waals surface area contributed by atoms with Crippen LogP contribution in [0.15, 0.2) is 22.7 Å². The summed E-state index contributed by atoms with van der Waals surface area (Å²) in [6, 6.07) is 3.79. The molecule has 1 N–H and O–H groups in total. The van der Waals surface area contributed by atoms with Crippen molar-refractivity contribution < 1.29 is 4.42 Å². The number of hydrogen-bond donors (Lipinski definition) is 1. The standard InChI is InChI=1S/C11H14N4O/c1-3-9-6-13-11(16-9)7-12-10-5-4-8(2)14-15-10/h4-6H,3,7H2,1-2H3,(H,12,15). The highest BCUT2D eigenvalue weighted by Crippen LogP contribution is 2.07. The smallest absolute Gasteiger partial charge is 0.213 e. The number of oxazole rings is 1. The number of rotatable bonds is 4. The van der Waals surface area contributed by atoms with Crippen LogP contribution in [0.5, 0.6) is 0 Å². The van der Waals surface area contributed by atoms with E-state index in [1.54, 1.807) is 6.20 Å². The maximum absolute atomic E-state index is 5.46. The van der Waals surface area contributed by atoms with Gasteiger partial charge < -0.3 is 9.73 Å². The molecule has 0 saturated heterocycles. The van der Waals surface area contributed by atoms with Gasteiger partial charge in [0.1, 0.15) is 11.6 Å². The van der Waals surface area contributed by atoms with Crippen LogP contribution in [0, 0.1) is 6.92 Å². The van der Waals surface area contributed by atoms with Crippen molar-refractivity contribution in [3.8, 4) is 0 Å². The molecule has 2 aromatic rings. The molecule has 0 aliphatic rings. The summed E-state index contributed by atoms with van der Waals surface area (Å²) in [6.45, 7) is 4.46. The molecule has 0 aromatic carbocycles. The molecule has 0 atom stereocenters. The summed E-state index contributed by atoms with van der Waals surface area (Å²) in [6.07, 6.45) is 2.61. The molecule has 2 rings (SSSR count). The summed E-state index contributed by atoms with van der Waals surface area (Å²) in [4.78, 5) is 4.14. The number of aromatic nitrogens is 3. The van der Waals surface area contributed by atoms with Gasteiger partial charge in [0.2, 0.25) is 5.89 Å². The van der Waals surface area contributed by atoms with Gasteiger partial charge in [0, 0.05) is 6.42 Å². The molecule has 5 nitrogen and oxygen atoms in total. The summed E-state index contributed by atoms with van der Waals surface area (Å²) >= 11 is 0. The first-order chi connectivity index (χ1) is 7.78. The van der Waals surface area contributed by atoms with Crippen molar-refractivity contribution in [2.75, 3.05) is 5.32 Å². The number of aryl methyl sites for hydroxylation is 2. The molecule has 0 fully saturated rings. The van der Waals surface area contributed by atoms with Crippen molar-refractivity contribution in [3.63, 3.8) is 0 Å². The van der Waals surface area contributed by atoms with Gasteiger partial charge in [-0.15, -0.1) is 5.10 Å². The molecule has 2 aromatic heterocycles. The minimum Gasteiger partial charge on any atom is -0.444 e. The molecular weight excluding hydrogens is 204 g/mol. The second-order valence-electron chi connectivity index (χ2n) is 3.49. The van der Waals surface area contributed by atoms with Crippen LogP contribution in [0.1, 0.15) is 24.3 Å². The Balaban J connectivity index is 1.94. The second kappa shape index (κ2) is 4.74. The fourth-order valence-corrected chi connectivity index (χ4v) is 1.25. The quantitative estimate of drug-likeness (QED) is 0.849. The van der Waals surface area contributed by atoms with Crippen molar-refractivity contribution in [1.29, 1.82) is 0 Å². The highest BCUT2D eigenvalue weighted by molar-refractivity contribution is 5.32. The molecule has 0 unspecified atom stereocenters. The Bertz CT molecular complexity index is 449. The fraction of sp³-hybridized carbons (Fsp3) is 0.364. The molecule has 0 aliphatic heterocycles. The lowest BCUT2D eigenvalue weighted by molar-refractivity contribution is 0.465. The van der Waals surface area contributed by atoms with Crippen molar-refractivity contribution in [2.24, 2.45) is 0 Å². The third-order valence-corrected chi connectivity index (χ3v) is 2.17. The number of nitrogens with zero attached hydrogens (tertiary/aromatic N) is 3. The average molecular weight is 218 g/mol. The third-order valence-electron chi connectivity index (χ3n) is 2.17. The maximum atomic E-state index is 5.46. The summed E-state index contributed by atoms with van der Waals surface area (Å²) < 4.78 is 5.46. The van der Waals surface area contributed by atoms with Crippen molar-refractivity contribution in [1.82, 2.24) is 15.2 Å². The van der Waals surface area contributed by atoms with Gasteiger partial charge in [-0.1, -0.05) is 6.92 Å². The molecule has 0 saturated carbocycles. The molecule has 16 heavy (non-hydrogen) atoms. The van der Waals surface area contributed by atoms with Gasteiger partial charge >= 0.3 is 0 Å². The summed E-state index contributed by atoms with van der Waals surface area (Å²) in [5, 5.41) is 11.0. The van der Waals surface area contributed by atoms with E-state index in [1.807, 2.05) is 26.0 Å². The van der Waals surface area contributed by atoms with E-state index < -0.39 is 0 Å². The number of hydrogen-bond acceptors (Lipinski definition) is 5. The van der Waals surface area contributed by atoms with Crippen molar-refractivity contribution in [2.45, 2.75) is 26.8 Å². The van der Waals surface area contributed by atoms with Crippen molar-refractivity contribution >= 4 is 5.82 Å². The predicted molar refractivity (Wildman–Crippen MR) is 60.0 cm³/mol. The average Bonchev–Trinajstić information content (AvgIpc) is 2.76. The Hall–Kier alpha value is -1.91. The van der Waals surface area contributed by atoms with Gasteiger partial charge in [0.25, 0.3) is 0 Å². The third kappa shape index (κ3) is 2.56. The van der Waals surface area contributed by atoms with Gasteiger partial charge in [-0.3, -0.25) is 0 Å². The normalized spacial score (nSPS) is 10.4. The van der Waals surface area contributed by atoms with Gasteiger partial charge in [0.15, 0.2) is 0 Å². The van der Waals surface area contributed by atoms with Gasteiger partial charge in [-0.25, -0.2) is 4.98 Å². The van der Waals surface area contributed by atoms with Gasteiger partial charge in [-0.05, 0) is 19.1 Å². The van der Waals surface area contributed by atoms with E-state index in [4.69, 9.17) is 4.42 Å². The molecule has 84 valence electrons. The molecule has 0 aliphatic carbocycles. The van der Waals surface area contributed by atoms with Crippen LogP contribution in [-0.4, -0.2) is 15.2 Å². The molecular formula is C11H14N4O. The van der Waals surface area contributed by atoms with E-state index in [9.17, 15) is 0 Å². The van der Waals surface area contributed by atoms with E-state index in [0.717, 1.165) is 23.7 Å². The number of anilines is 1. The van der Waals surface area contributed by atoms with Crippen molar-refractivity contribution in [3.05, 3.63) is 35.7 Å². The summed E-state index contributed by atoms with van der Waals surface area (Å²) in [5.41, 5.74) is 0.898. The van der Waals surface area contributed by atoms with E-state index >= 15 is 0 Å². The Morgan fingerprint density at radius 3 is 2.81 bits per heavy atom. The van der Waals surface area contributed by atoms with E-state index in [2.05, 4.69) is 20.5 Å². The first-order valence-corrected chi connectivity index (χ1v) is 5.25. The SMILES string of the molecule is CCc1cnc(CNc2ccc(C)nn2)o1. The molecule has 0 bridgehead atoms. The Labute approximate surface area is 93.9 Å². The summed E-state index contributed by atoms with van der Waals surface area (Å²) in [5.74, 6) is 2.29. The van der Waals surface area contributed by atoms with Gasteiger partial charge in [0.05, 0.1) is 18.4 Å². The van der Waals surface area contributed by atoms with E-state index in [1.165, 1.54) is 0 Å². The van der Waals surface area contributed by atoms with Gasteiger partial charge in [-0.2, -0.15) is 5.10 Å². The molecule has 0 radical (unpaired) electrons. The largest absolute Gasteiger partial charge is 0.444 e. The number of nitrogens with one attached hydrogen (secondary N) is 1. The lowest BCUT2D eigenvalue weighted by Crippen LogP contribution is -2.02. The highest BCUT2D eigenvalue weighted by atomic mass is 16.4. The van der Waals surface area contributed by atoms with Crippen LogP contribution in [0.25, 0.3) is 0 Å². The zero-order valence-electron chi connectivity index (χ0n) is 9.40. The minimum atomic E-state index is 0.526. The van der Waals surface area contributed by atoms with Crippen LogP contribution < -0.4 is 5.32 Å². The topological polar surface area (TPSA) is 63.8 Å². The monoisotopic (exact) mass is 218 g/mol. The lowest BCUT2D eigenvalue weighted by atomic mass is 10.4. The van der Waals surface area contributed by atoms with Crippen LogP contribution in [0.2, 0.25) is 0 Å². The van der Waals surface area contributed by atoms with E-state index in [-0.39, 0.29) is 0 Å². The van der Waals surface area contributed by atoms with Crippen LogP contribution in [-0.2, 0) is 13.0 Å². The molecule has 2 heterocycles. The first-order valence-electron chi connectivity index (χ1n) is 5.25. The summed E-state index contributed by atoms with van der Waals surface area (Å²) in [7, 11) is 0. The maximum Gasteiger partial charge on any atom is 0.213 e.